The molecule has 0 aliphatic carbocycles. The highest BCUT2D eigenvalue weighted by Gasteiger charge is 2.16. The molecule has 1 heterocycles. The molecule has 0 N–H and O–H groups in total. The highest BCUT2D eigenvalue weighted by Crippen LogP contribution is 2.00. The Morgan fingerprint density at radius 1 is 1.67 bits per heavy atom. The molecule has 1 aliphatic rings. The third kappa shape index (κ3) is 1.42. The zero-order valence-electron chi connectivity index (χ0n) is 5.13. The van der Waals surface area contributed by atoms with Crippen LogP contribution in [0.15, 0.2) is 5.10 Å². The molecule has 1 rings (SSSR count). The van der Waals surface area contributed by atoms with E-state index < -0.39 is 6.09 Å². The monoisotopic (exact) mass is 127 g/mol. The van der Waals surface area contributed by atoms with Gasteiger partial charge in [0.25, 0.3) is 0 Å². The highest BCUT2D eigenvalue weighted by atomic mass is 16.6. The summed E-state index contributed by atoms with van der Waals surface area (Å²) in [7, 11) is 0. The number of rotatable bonds is 2. The summed E-state index contributed by atoms with van der Waals surface area (Å²) in [5, 5.41) is 3.48. The van der Waals surface area contributed by atoms with Crippen molar-refractivity contribution in [3.8, 4) is 0 Å². The maximum atomic E-state index is 10.2. The predicted molar refractivity (Wildman–Crippen MR) is 31.0 cm³/mol. The van der Waals surface area contributed by atoms with E-state index in [9.17, 15) is 4.79 Å². The topological polar surface area (TPSA) is 52.8 Å². The smallest absolute Gasteiger partial charge is 0.391 e. The van der Waals surface area contributed by atoms with Crippen LogP contribution in [0.2, 0.25) is 0 Å². The zero-order valence-corrected chi connectivity index (χ0v) is 5.13. The number of nitrogens with zero attached hydrogens (tertiary/aromatic N) is 2. The molecular weight excluding hydrogens is 120 g/mol. The predicted octanol–water partition coefficient (Wildman–Crippen LogP) is 0.855. The minimum absolute atomic E-state index is 0.433. The Kier molecular flexibility index (Phi) is 1.67. The van der Waals surface area contributed by atoms with Gasteiger partial charge in [-0.1, -0.05) is 12.3 Å². The van der Waals surface area contributed by atoms with Gasteiger partial charge in [0, 0.05) is 6.42 Å². The van der Waals surface area contributed by atoms with E-state index in [1.807, 2.05) is 6.92 Å². The molecule has 1 amide bonds. The normalized spacial score (nSPS) is 16.6. The maximum Gasteiger partial charge on any atom is 0.459 e. The van der Waals surface area contributed by atoms with E-state index in [4.69, 9.17) is 0 Å². The van der Waals surface area contributed by atoms with Crippen LogP contribution in [0.1, 0.15) is 19.8 Å². The first-order valence-electron chi connectivity index (χ1n) is 2.82. The Hall–Kier alpha value is -1.06. The SMILES string of the molecule is CCCC1=N[N]C(=O)O1. The lowest BCUT2D eigenvalue weighted by Gasteiger charge is -1.90. The van der Waals surface area contributed by atoms with Gasteiger partial charge in [-0.05, 0) is 6.42 Å². The maximum absolute atomic E-state index is 10.2. The average Bonchev–Trinajstić information content (AvgIpc) is 2.17. The summed E-state index contributed by atoms with van der Waals surface area (Å²) in [6, 6.07) is 0. The average molecular weight is 127 g/mol. The number of carbonyl (C=O) groups excluding carboxylic acids is 1. The summed E-state index contributed by atoms with van der Waals surface area (Å²) in [6.07, 6.45) is 1.01. The van der Waals surface area contributed by atoms with Gasteiger partial charge in [0.2, 0.25) is 5.90 Å². The van der Waals surface area contributed by atoms with Crippen molar-refractivity contribution in [2.45, 2.75) is 19.8 Å². The Bertz CT molecular complexity index is 153. The molecule has 1 aliphatic heterocycles. The zero-order chi connectivity index (χ0) is 6.69. The molecule has 4 heteroatoms. The summed E-state index contributed by atoms with van der Waals surface area (Å²) in [5.41, 5.74) is 3.16. The van der Waals surface area contributed by atoms with E-state index in [2.05, 4.69) is 15.3 Å². The third-order valence-corrected chi connectivity index (χ3v) is 0.912. The second kappa shape index (κ2) is 2.48. The fourth-order valence-electron chi connectivity index (χ4n) is 0.553. The number of hydrogen-bond acceptors (Lipinski definition) is 3. The van der Waals surface area contributed by atoms with E-state index in [1.165, 1.54) is 0 Å². The lowest BCUT2D eigenvalue weighted by molar-refractivity contribution is 0.204. The van der Waals surface area contributed by atoms with Gasteiger partial charge in [-0.25, -0.2) is 4.79 Å². The second-order valence-electron chi connectivity index (χ2n) is 1.71. The first kappa shape index (κ1) is 6.07. The number of ether oxygens (including phenoxy) is 1. The van der Waals surface area contributed by atoms with Gasteiger partial charge in [0.1, 0.15) is 0 Å². The minimum Gasteiger partial charge on any atom is -0.391 e. The van der Waals surface area contributed by atoms with Gasteiger partial charge in [0.05, 0.1) is 0 Å². The van der Waals surface area contributed by atoms with Crippen molar-refractivity contribution < 1.29 is 9.53 Å². The van der Waals surface area contributed by atoms with E-state index in [1.54, 1.807) is 0 Å². The van der Waals surface area contributed by atoms with Crippen molar-refractivity contribution in [3.63, 3.8) is 0 Å². The molecule has 4 nitrogen and oxygen atoms in total. The van der Waals surface area contributed by atoms with Gasteiger partial charge in [0.15, 0.2) is 0 Å². The Morgan fingerprint density at radius 3 is 2.89 bits per heavy atom. The quantitative estimate of drug-likeness (QED) is 0.552. The van der Waals surface area contributed by atoms with Crippen LogP contribution in [0.25, 0.3) is 0 Å². The van der Waals surface area contributed by atoms with Crippen LogP contribution < -0.4 is 5.43 Å². The van der Waals surface area contributed by atoms with Gasteiger partial charge in [-0.15, -0.1) is 5.10 Å². The number of carbonyl (C=O) groups is 1. The van der Waals surface area contributed by atoms with Gasteiger partial charge in [-0.2, -0.15) is 0 Å². The molecule has 0 saturated carbocycles. The van der Waals surface area contributed by atoms with Crippen molar-refractivity contribution in [1.29, 1.82) is 0 Å². The van der Waals surface area contributed by atoms with Crippen LogP contribution in [-0.2, 0) is 4.74 Å². The van der Waals surface area contributed by atoms with Crippen LogP contribution in [0, 0.1) is 0 Å². The molecule has 0 saturated heterocycles. The summed E-state index contributed by atoms with van der Waals surface area (Å²) < 4.78 is 4.55. The first-order chi connectivity index (χ1) is 4.33. The van der Waals surface area contributed by atoms with Gasteiger partial charge in [-0.3, -0.25) is 0 Å². The summed E-state index contributed by atoms with van der Waals surface area (Å²) in [5.74, 6) is 0.433. The molecule has 0 spiro atoms. The molecule has 0 fully saturated rings. The number of hydrogen-bond donors (Lipinski definition) is 0. The van der Waals surface area contributed by atoms with E-state index in [-0.39, 0.29) is 0 Å². The lowest BCUT2D eigenvalue weighted by Crippen LogP contribution is -2.04. The van der Waals surface area contributed by atoms with Crippen molar-refractivity contribution in [2.24, 2.45) is 5.10 Å². The summed E-state index contributed by atoms with van der Waals surface area (Å²) in [6.45, 7) is 1.98. The van der Waals surface area contributed by atoms with Crippen LogP contribution in [0.5, 0.6) is 0 Å². The van der Waals surface area contributed by atoms with Crippen molar-refractivity contribution >= 4 is 12.0 Å². The van der Waals surface area contributed by atoms with Crippen LogP contribution >= 0.6 is 0 Å². The van der Waals surface area contributed by atoms with Crippen LogP contribution in [0.3, 0.4) is 0 Å². The molecule has 0 aromatic heterocycles. The molecule has 49 valence electrons. The lowest BCUT2D eigenvalue weighted by atomic mass is 10.3. The van der Waals surface area contributed by atoms with Crippen LogP contribution in [-0.4, -0.2) is 12.0 Å². The molecule has 0 unspecified atom stereocenters. The number of cyclic esters (lactones) is 1. The molecule has 0 aromatic carbocycles. The Balaban J connectivity index is 2.36. The highest BCUT2D eigenvalue weighted by molar-refractivity contribution is 5.91. The Morgan fingerprint density at radius 2 is 2.44 bits per heavy atom. The van der Waals surface area contributed by atoms with Gasteiger partial charge >= 0.3 is 6.09 Å². The molecular formula is C5H7N2O2. The third-order valence-electron chi connectivity index (χ3n) is 0.912. The van der Waals surface area contributed by atoms with Crippen molar-refractivity contribution in [2.75, 3.05) is 0 Å². The molecule has 0 bridgehead atoms. The fourth-order valence-corrected chi connectivity index (χ4v) is 0.553. The molecule has 0 aromatic rings. The first-order valence-corrected chi connectivity index (χ1v) is 2.82. The second-order valence-corrected chi connectivity index (χ2v) is 1.71. The molecule has 0 atom stereocenters. The summed E-state index contributed by atoms with van der Waals surface area (Å²) in [4.78, 5) is 10.2. The minimum atomic E-state index is -0.599. The summed E-state index contributed by atoms with van der Waals surface area (Å²) >= 11 is 0. The largest absolute Gasteiger partial charge is 0.459 e. The van der Waals surface area contributed by atoms with Gasteiger partial charge < -0.3 is 4.74 Å². The number of amides is 1. The standard InChI is InChI=1S/C5H7N2O2/c1-2-3-4-6-7-5(8)9-4/h2-3H2,1H3. The Labute approximate surface area is 52.9 Å². The van der Waals surface area contributed by atoms with E-state index in [0.717, 1.165) is 6.42 Å². The van der Waals surface area contributed by atoms with E-state index in [0.29, 0.717) is 12.3 Å². The molecule has 9 heavy (non-hydrogen) atoms. The van der Waals surface area contributed by atoms with Crippen molar-refractivity contribution in [3.05, 3.63) is 0 Å². The fraction of sp³-hybridized carbons (Fsp3) is 0.600. The van der Waals surface area contributed by atoms with E-state index >= 15 is 0 Å². The molecule has 1 radical (unpaired) electrons. The van der Waals surface area contributed by atoms with Crippen LogP contribution in [0.4, 0.5) is 4.79 Å². The van der Waals surface area contributed by atoms with Crippen molar-refractivity contribution in [1.82, 2.24) is 5.43 Å².